The van der Waals surface area contributed by atoms with Crippen molar-refractivity contribution in [1.29, 1.82) is 0 Å². The lowest BCUT2D eigenvalue weighted by Gasteiger charge is -2.25. The summed E-state index contributed by atoms with van der Waals surface area (Å²) in [6.45, 7) is 10.4. The third-order valence-corrected chi connectivity index (χ3v) is 5.40. The Bertz CT molecular complexity index is 1330. The molecule has 1 aromatic carbocycles. The Morgan fingerprint density at radius 2 is 1.71 bits per heavy atom. The predicted octanol–water partition coefficient (Wildman–Crippen LogP) is 2.85. The number of fused-ring (bicyclic) bond motifs is 2. The molecule has 8 heteroatoms. The van der Waals surface area contributed by atoms with Gasteiger partial charge < -0.3 is 23.9 Å². The number of hydrogen-bond acceptors (Lipinski definition) is 5. The molecule has 1 amide bonds. The van der Waals surface area contributed by atoms with Crippen LogP contribution in [0.25, 0.3) is 21.8 Å². The molecule has 164 valence electrons. The van der Waals surface area contributed by atoms with E-state index in [0.717, 1.165) is 21.9 Å². The Labute approximate surface area is 179 Å². The van der Waals surface area contributed by atoms with Gasteiger partial charge in [-0.05, 0) is 51.8 Å². The van der Waals surface area contributed by atoms with Crippen molar-refractivity contribution >= 4 is 27.9 Å². The number of alkyl carbamates (subject to hydrolysis) is 1. The molecule has 0 radical (unpaired) electrons. The second-order valence-electron chi connectivity index (χ2n) is 8.91. The lowest BCUT2D eigenvalue weighted by molar-refractivity contribution is 0.0526. The van der Waals surface area contributed by atoms with Crippen molar-refractivity contribution in [3.63, 3.8) is 0 Å². The molecule has 3 heterocycles. The molecule has 0 atom stereocenters. The molecule has 0 bridgehead atoms. The molecule has 1 aliphatic rings. The van der Waals surface area contributed by atoms with Gasteiger partial charge in [0, 0.05) is 36.0 Å². The van der Waals surface area contributed by atoms with E-state index >= 15 is 0 Å². The van der Waals surface area contributed by atoms with Crippen molar-refractivity contribution < 1.29 is 14.3 Å². The zero-order valence-electron chi connectivity index (χ0n) is 18.5. The third-order valence-electron chi connectivity index (χ3n) is 5.40. The highest BCUT2D eigenvalue weighted by Crippen LogP contribution is 2.37. The van der Waals surface area contributed by atoms with E-state index in [1.54, 1.807) is 42.0 Å². The van der Waals surface area contributed by atoms with Gasteiger partial charge in [0.2, 0.25) is 0 Å². The van der Waals surface area contributed by atoms with Crippen molar-refractivity contribution in [2.75, 3.05) is 13.2 Å². The summed E-state index contributed by atoms with van der Waals surface area (Å²) in [7, 11) is 0. The van der Waals surface area contributed by atoms with Crippen LogP contribution in [0.3, 0.4) is 0 Å². The van der Waals surface area contributed by atoms with Crippen LogP contribution in [0.5, 0.6) is 5.75 Å². The van der Waals surface area contributed by atoms with Gasteiger partial charge in [0.1, 0.15) is 12.2 Å². The van der Waals surface area contributed by atoms with E-state index in [0.29, 0.717) is 29.9 Å². The van der Waals surface area contributed by atoms with Gasteiger partial charge in [0.15, 0.2) is 5.75 Å². The van der Waals surface area contributed by atoms with Gasteiger partial charge in [-0.2, -0.15) is 0 Å². The van der Waals surface area contributed by atoms with Gasteiger partial charge >= 0.3 is 6.09 Å². The standard InChI is InChI=1S/C23H27N3O5/c1-13-10-17(27)25(7-6-24-22(29)31-23(3,4)5)19-15(13)12-16-14(2)11-18(28)26-8-9-30-21(19)20(16)26/h10-12H,6-9H2,1-5H3,(H,24,29). The number of carbonyl (C=O) groups excluding carboxylic acids is 1. The molecular formula is C23H27N3O5. The number of ether oxygens (including phenoxy) is 2. The van der Waals surface area contributed by atoms with E-state index in [1.807, 2.05) is 19.9 Å². The molecule has 31 heavy (non-hydrogen) atoms. The van der Waals surface area contributed by atoms with E-state index in [9.17, 15) is 14.4 Å². The maximum atomic E-state index is 12.9. The average molecular weight is 425 g/mol. The number of carbonyl (C=O) groups is 1. The molecule has 2 aromatic heterocycles. The van der Waals surface area contributed by atoms with Crippen LogP contribution in [0.1, 0.15) is 31.9 Å². The summed E-state index contributed by atoms with van der Waals surface area (Å²) >= 11 is 0. The van der Waals surface area contributed by atoms with Crippen molar-refractivity contribution in [2.24, 2.45) is 0 Å². The van der Waals surface area contributed by atoms with Gasteiger partial charge in [-0.3, -0.25) is 9.59 Å². The summed E-state index contributed by atoms with van der Waals surface area (Å²) in [6, 6.07) is 5.24. The summed E-state index contributed by atoms with van der Waals surface area (Å²) in [6.07, 6.45) is -0.538. The van der Waals surface area contributed by atoms with E-state index < -0.39 is 11.7 Å². The molecule has 1 aliphatic heterocycles. The van der Waals surface area contributed by atoms with Crippen LogP contribution in [0, 0.1) is 13.8 Å². The first-order valence-electron chi connectivity index (χ1n) is 10.4. The normalized spacial score (nSPS) is 13.3. The third kappa shape index (κ3) is 3.78. The SMILES string of the molecule is Cc1cc(=O)n(CCNC(=O)OC(C)(C)C)c2c3c4c(cc12)c(C)cc(=O)n4CCO3. The number of aromatic nitrogens is 2. The Morgan fingerprint density at radius 1 is 1.06 bits per heavy atom. The Kier molecular flexibility index (Phi) is 5.03. The van der Waals surface area contributed by atoms with Crippen molar-refractivity contribution in [2.45, 2.75) is 53.3 Å². The fourth-order valence-electron chi connectivity index (χ4n) is 4.08. The molecule has 0 unspecified atom stereocenters. The number of aryl methyl sites for hydroxylation is 2. The molecule has 0 fully saturated rings. The molecular weight excluding hydrogens is 398 g/mol. The van der Waals surface area contributed by atoms with Gasteiger partial charge in [-0.15, -0.1) is 0 Å². The van der Waals surface area contributed by atoms with Gasteiger partial charge in [0.05, 0.1) is 17.6 Å². The highest BCUT2D eigenvalue weighted by atomic mass is 16.6. The molecule has 0 saturated heterocycles. The summed E-state index contributed by atoms with van der Waals surface area (Å²) in [5, 5.41) is 4.51. The predicted molar refractivity (Wildman–Crippen MR) is 119 cm³/mol. The lowest BCUT2D eigenvalue weighted by atomic mass is 10.0. The first kappa shape index (κ1) is 21.0. The minimum atomic E-state index is -0.601. The molecule has 0 spiro atoms. The summed E-state index contributed by atoms with van der Waals surface area (Å²) in [4.78, 5) is 37.5. The quantitative estimate of drug-likeness (QED) is 0.652. The van der Waals surface area contributed by atoms with E-state index in [2.05, 4.69) is 5.32 Å². The largest absolute Gasteiger partial charge is 0.487 e. The molecule has 0 aliphatic carbocycles. The zero-order valence-corrected chi connectivity index (χ0v) is 18.5. The number of pyridine rings is 2. The van der Waals surface area contributed by atoms with E-state index in [1.165, 1.54) is 0 Å². The van der Waals surface area contributed by atoms with Crippen LogP contribution in [0.2, 0.25) is 0 Å². The first-order valence-corrected chi connectivity index (χ1v) is 10.4. The molecule has 4 rings (SSSR count). The number of rotatable bonds is 3. The van der Waals surface area contributed by atoms with Crippen LogP contribution in [0.4, 0.5) is 4.79 Å². The van der Waals surface area contributed by atoms with Crippen LogP contribution in [-0.2, 0) is 17.8 Å². The monoisotopic (exact) mass is 425 g/mol. The zero-order chi connectivity index (χ0) is 22.5. The molecule has 1 N–H and O–H groups in total. The lowest BCUT2D eigenvalue weighted by Crippen LogP contribution is -2.35. The number of hydrogen-bond donors (Lipinski definition) is 1. The van der Waals surface area contributed by atoms with Crippen LogP contribution < -0.4 is 21.2 Å². The second kappa shape index (κ2) is 7.44. The fourth-order valence-corrected chi connectivity index (χ4v) is 4.08. The average Bonchev–Trinajstić information content (AvgIpc) is 2.66. The van der Waals surface area contributed by atoms with Gasteiger partial charge in [0.25, 0.3) is 11.1 Å². The maximum absolute atomic E-state index is 12.9. The van der Waals surface area contributed by atoms with Crippen molar-refractivity contribution in [1.82, 2.24) is 14.5 Å². The Balaban J connectivity index is 1.85. The summed E-state index contributed by atoms with van der Waals surface area (Å²) < 4.78 is 14.6. The fraction of sp³-hybridized carbons (Fsp3) is 0.435. The van der Waals surface area contributed by atoms with Gasteiger partial charge in [-0.1, -0.05) is 0 Å². The number of benzene rings is 1. The minimum absolute atomic E-state index is 0.0814. The topological polar surface area (TPSA) is 91.6 Å². The van der Waals surface area contributed by atoms with E-state index in [-0.39, 0.29) is 24.2 Å². The van der Waals surface area contributed by atoms with Gasteiger partial charge in [-0.25, -0.2) is 4.79 Å². The van der Waals surface area contributed by atoms with Crippen molar-refractivity contribution in [3.05, 3.63) is 50.0 Å². The summed E-state index contributed by atoms with van der Waals surface area (Å²) in [5.74, 6) is 0.539. The highest BCUT2D eigenvalue weighted by Gasteiger charge is 2.23. The Morgan fingerprint density at radius 3 is 2.39 bits per heavy atom. The van der Waals surface area contributed by atoms with E-state index in [4.69, 9.17) is 9.47 Å². The number of amides is 1. The molecule has 0 saturated carbocycles. The van der Waals surface area contributed by atoms with Crippen molar-refractivity contribution in [3.8, 4) is 5.75 Å². The minimum Gasteiger partial charge on any atom is -0.487 e. The number of nitrogens with one attached hydrogen (secondary N) is 1. The smallest absolute Gasteiger partial charge is 0.407 e. The van der Waals surface area contributed by atoms with Crippen LogP contribution >= 0.6 is 0 Å². The highest BCUT2D eigenvalue weighted by molar-refractivity contribution is 6.04. The van der Waals surface area contributed by atoms with Crippen LogP contribution in [0.15, 0.2) is 27.8 Å². The second-order valence-corrected chi connectivity index (χ2v) is 8.91. The van der Waals surface area contributed by atoms with Crippen LogP contribution in [-0.4, -0.2) is 34.0 Å². The first-order chi connectivity index (χ1) is 14.6. The number of nitrogens with zero attached hydrogens (tertiary/aromatic N) is 2. The Hall–Kier alpha value is -3.29. The summed E-state index contributed by atoms with van der Waals surface area (Å²) in [5.41, 5.74) is 2.18. The molecule has 3 aromatic rings. The maximum Gasteiger partial charge on any atom is 0.407 e. The molecule has 8 nitrogen and oxygen atoms in total.